The van der Waals surface area contributed by atoms with Gasteiger partial charge in [0.25, 0.3) is 0 Å². The summed E-state index contributed by atoms with van der Waals surface area (Å²) in [6.45, 7) is 2.17. The number of aryl methyl sites for hydroxylation is 1. The average Bonchev–Trinajstić information content (AvgIpc) is 2.03. The molecule has 0 amide bonds. The van der Waals surface area contributed by atoms with E-state index in [0.717, 1.165) is 16.7 Å². The van der Waals surface area contributed by atoms with E-state index in [1.165, 1.54) is 12.8 Å². The second kappa shape index (κ2) is 4.44. The quantitative estimate of drug-likeness (QED) is 0.774. The first-order valence-electron chi connectivity index (χ1n) is 3.80. The topological polar surface area (TPSA) is 25.8 Å². The lowest BCUT2D eigenvalue weighted by Gasteiger charge is -1.98. The van der Waals surface area contributed by atoms with Crippen LogP contribution in [-0.4, -0.2) is 9.97 Å². The van der Waals surface area contributed by atoms with E-state index in [1.807, 2.05) is 0 Å². The molecule has 0 aliphatic rings. The molecular formula is C8H11BrN2. The summed E-state index contributed by atoms with van der Waals surface area (Å²) >= 11 is 3.35. The maximum atomic E-state index is 4.21. The van der Waals surface area contributed by atoms with Gasteiger partial charge in [-0.3, -0.25) is 4.98 Å². The van der Waals surface area contributed by atoms with E-state index >= 15 is 0 Å². The van der Waals surface area contributed by atoms with Crippen molar-refractivity contribution >= 4 is 15.9 Å². The third kappa shape index (κ3) is 2.58. The molecule has 0 aliphatic heterocycles. The monoisotopic (exact) mass is 214 g/mol. The molecule has 0 spiro atoms. The van der Waals surface area contributed by atoms with Crippen LogP contribution in [0.4, 0.5) is 0 Å². The Hall–Kier alpha value is -0.440. The minimum absolute atomic E-state index is 0.883. The van der Waals surface area contributed by atoms with Crippen LogP contribution >= 0.6 is 15.9 Å². The molecular weight excluding hydrogens is 204 g/mol. The summed E-state index contributed by atoms with van der Waals surface area (Å²) in [5, 5.41) is 0. The zero-order valence-corrected chi connectivity index (χ0v) is 8.13. The van der Waals surface area contributed by atoms with Crippen molar-refractivity contribution in [3.8, 4) is 0 Å². The Morgan fingerprint density at radius 3 is 2.73 bits per heavy atom. The number of halogens is 1. The highest BCUT2D eigenvalue weighted by Crippen LogP contribution is 2.11. The molecule has 0 unspecified atom stereocenters. The van der Waals surface area contributed by atoms with Crippen molar-refractivity contribution in [1.82, 2.24) is 9.97 Å². The number of hydrogen-bond donors (Lipinski definition) is 0. The van der Waals surface area contributed by atoms with Crippen molar-refractivity contribution in [2.45, 2.75) is 26.2 Å². The Labute approximate surface area is 75.2 Å². The van der Waals surface area contributed by atoms with Crippen LogP contribution in [0.25, 0.3) is 0 Å². The first-order chi connectivity index (χ1) is 5.34. The van der Waals surface area contributed by atoms with Crippen molar-refractivity contribution in [1.29, 1.82) is 0 Å². The summed E-state index contributed by atoms with van der Waals surface area (Å²) in [6, 6.07) is 0. The maximum Gasteiger partial charge on any atom is 0.127 e. The Balaban J connectivity index is 2.62. The van der Waals surface area contributed by atoms with E-state index in [1.54, 1.807) is 12.4 Å². The van der Waals surface area contributed by atoms with Crippen LogP contribution in [-0.2, 0) is 6.42 Å². The first kappa shape index (κ1) is 8.65. The zero-order chi connectivity index (χ0) is 8.10. The van der Waals surface area contributed by atoms with Gasteiger partial charge in [0, 0.05) is 12.4 Å². The van der Waals surface area contributed by atoms with Crippen LogP contribution in [0.15, 0.2) is 17.0 Å². The lowest BCUT2D eigenvalue weighted by molar-refractivity contribution is 0.767. The summed E-state index contributed by atoms with van der Waals surface area (Å²) in [4.78, 5) is 8.29. The Kier molecular flexibility index (Phi) is 3.49. The molecule has 1 aromatic heterocycles. The van der Waals surface area contributed by atoms with E-state index in [9.17, 15) is 0 Å². The van der Waals surface area contributed by atoms with Crippen LogP contribution in [0, 0.1) is 0 Å². The number of unbranched alkanes of at least 4 members (excludes halogenated alkanes) is 1. The summed E-state index contributed by atoms with van der Waals surface area (Å²) < 4.78 is 0.883. The molecule has 60 valence electrons. The fourth-order valence-corrected chi connectivity index (χ4v) is 1.28. The molecule has 0 saturated heterocycles. The normalized spacial score (nSPS) is 10.0. The van der Waals surface area contributed by atoms with Gasteiger partial charge >= 0.3 is 0 Å². The molecule has 0 saturated carbocycles. The van der Waals surface area contributed by atoms with Gasteiger partial charge in [0.2, 0.25) is 0 Å². The zero-order valence-electron chi connectivity index (χ0n) is 6.55. The fraction of sp³-hybridized carbons (Fsp3) is 0.500. The largest absolute Gasteiger partial charge is 0.257 e. The lowest BCUT2D eigenvalue weighted by atomic mass is 10.2. The Morgan fingerprint density at radius 2 is 2.09 bits per heavy atom. The van der Waals surface area contributed by atoms with Crippen molar-refractivity contribution in [3.05, 3.63) is 22.7 Å². The van der Waals surface area contributed by atoms with Crippen molar-refractivity contribution in [3.63, 3.8) is 0 Å². The molecule has 0 atom stereocenters. The second-order valence-corrected chi connectivity index (χ2v) is 3.15. The van der Waals surface area contributed by atoms with E-state index in [2.05, 4.69) is 32.8 Å². The third-order valence-electron chi connectivity index (χ3n) is 1.49. The molecule has 0 radical (unpaired) electrons. The molecule has 0 bridgehead atoms. The predicted molar refractivity (Wildman–Crippen MR) is 48.3 cm³/mol. The van der Waals surface area contributed by atoms with Gasteiger partial charge in [-0.05, 0) is 28.8 Å². The standard InChI is InChI=1S/C8H11BrN2/c1-2-3-4-7-8(9)11-6-5-10-7/h5-6H,2-4H2,1H3. The Bertz CT molecular complexity index is 225. The van der Waals surface area contributed by atoms with E-state index in [4.69, 9.17) is 0 Å². The minimum Gasteiger partial charge on any atom is -0.257 e. The second-order valence-electron chi connectivity index (χ2n) is 2.40. The van der Waals surface area contributed by atoms with Crippen LogP contribution in [0.1, 0.15) is 25.5 Å². The molecule has 11 heavy (non-hydrogen) atoms. The molecule has 0 aromatic carbocycles. The van der Waals surface area contributed by atoms with Gasteiger partial charge in [-0.15, -0.1) is 0 Å². The number of nitrogens with zero attached hydrogens (tertiary/aromatic N) is 2. The van der Waals surface area contributed by atoms with Gasteiger partial charge in [-0.1, -0.05) is 13.3 Å². The Morgan fingerprint density at radius 1 is 1.36 bits per heavy atom. The molecule has 0 fully saturated rings. The van der Waals surface area contributed by atoms with Gasteiger partial charge in [-0.2, -0.15) is 0 Å². The van der Waals surface area contributed by atoms with Gasteiger partial charge in [0.15, 0.2) is 0 Å². The molecule has 0 N–H and O–H groups in total. The maximum absolute atomic E-state index is 4.21. The molecule has 1 rings (SSSR count). The summed E-state index contributed by atoms with van der Waals surface area (Å²) in [6.07, 6.45) is 6.82. The third-order valence-corrected chi connectivity index (χ3v) is 2.15. The predicted octanol–water partition coefficient (Wildman–Crippen LogP) is 2.58. The molecule has 1 heterocycles. The summed E-state index contributed by atoms with van der Waals surface area (Å²) in [5.41, 5.74) is 1.06. The van der Waals surface area contributed by atoms with E-state index < -0.39 is 0 Å². The van der Waals surface area contributed by atoms with Crippen molar-refractivity contribution < 1.29 is 0 Å². The highest BCUT2D eigenvalue weighted by atomic mass is 79.9. The van der Waals surface area contributed by atoms with Gasteiger partial charge in [0.05, 0.1) is 5.69 Å². The van der Waals surface area contributed by atoms with E-state index in [-0.39, 0.29) is 0 Å². The molecule has 2 nitrogen and oxygen atoms in total. The fourth-order valence-electron chi connectivity index (χ4n) is 0.862. The van der Waals surface area contributed by atoms with Crippen LogP contribution in [0.3, 0.4) is 0 Å². The molecule has 0 aliphatic carbocycles. The van der Waals surface area contributed by atoms with Crippen molar-refractivity contribution in [2.24, 2.45) is 0 Å². The minimum atomic E-state index is 0.883. The number of rotatable bonds is 3. The number of aromatic nitrogens is 2. The van der Waals surface area contributed by atoms with Gasteiger partial charge < -0.3 is 0 Å². The average molecular weight is 215 g/mol. The molecule has 3 heteroatoms. The van der Waals surface area contributed by atoms with Crippen LogP contribution in [0.5, 0.6) is 0 Å². The number of hydrogen-bond acceptors (Lipinski definition) is 2. The first-order valence-corrected chi connectivity index (χ1v) is 4.59. The highest BCUT2D eigenvalue weighted by molar-refractivity contribution is 9.10. The smallest absolute Gasteiger partial charge is 0.127 e. The van der Waals surface area contributed by atoms with Crippen LogP contribution in [0.2, 0.25) is 0 Å². The van der Waals surface area contributed by atoms with Crippen LogP contribution < -0.4 is 0 Å². The summed E-state index contributed by atoms with van der Waals surface area (Å²) in [7, 11) is 0. The lowest BCUT2D eigenvalue weighted by Crippen LogP contribution is -1.92. The molecule has 1 aromatic rings. The SMILES string of the molecule is CCCCc1nccnc1Br. The van der Waals surface area contributed by atoms with Crippen molar-refractivity contribution in [2.75, 3.05) is 0 Å². The summed E-state index contributed by atoms with van der Waals surface area (Å²) in [5.74, 6) is 0. The van der Waals surface area contributed by atoms with E-state index in [0.29, 0.717) is 0 Å². The highest BCUT2D eigenvalue weighted by Gasteiger charge is 1.98. The van der Waals surface area contributed by atoms with Gasteiger partial charge in [-0.25, -0.2) is 4.98 Å². The van der Waals surface area contributed by atoms with Gasteiger partial charge in [0.1, 0.15) is 4.60 Å².